The number of benzene rings is 9. The molecule has 0 amide bonds. The number of hydrogen-bond acceptors (Lipinski definition) is 2. The fourth-order valence-corrected chi connectivity index (χ4v) is 8.62. The zero-order chi connectivity index (χ0) is 37.7. The lowest BCUT2D eigenvalue weighted by molar-refractivity contribution is 0.670. The summed E-state index contributed by atoms with van der Waals surface area (Å²) in [6.45, 7) is 0. The van der Waals surface area contributed by atoms with Crippen molar-refractivity contribution < 1.29 is 4.42 Å². The van der Waals surface area contributed by atoms with Crippen molar-refractivity contribution in [2.75, 3.05) is 4.90 Å². The lowest BCUT2D eigenvalue weighted by Crippen LogP contribution is -2.11. The minimum atomic E-state index is 0.902. The molecule has 3 nitrogen and oxygen atoms in total. The van der Waals surface area contributed by atoms with Gasteiger partial charge >= 0.3 is 0 Å². The maximum atomic E-state index is 6.46. The lowest BCUT2D eigenvalue weighted by atomic mass is 9.98. The maximum Gasteiger partial charge on any atom is 0.143 e. The topological polar surface area (TPSA) is 21.3 Å². The Hall–Kier alpha value is -7.62. The number of fused-ring (bicyclic) bond motifs is 6. The van der Waals surface area contributed by atoms with E-state index >= 15 is 0 Å². The Morgan fingerprint density at radius 2 is 0.930 bits per heavy atom. The minimum Gasteiger partial charge on any atom is -0.455 e. The zero-order valence-corrected chi connectivity index (χ0v) is 31.1. The third kappa shape index (κ3) is 5.51. The number of rotatable bonds is 7. The van der Waals surface area contributed by atoms with Gasteiger partial charge in [0.15, 0.2) is 0 Å². The van der Waals surface area contributed by atoms with E-state index in [4.69, 9.17) is 4.42 Å². The zero-order valence-electron chi connectivity index (χ0n) is 31.1. The Labute approximate surface area is 330 Å². The Morgan fingerprint density at radius 1 is 0.351 bits per heavy atom. The fraction of sp³-hybridized carbons (Fsp3) is 0. The first-order chi connectivity index (χ1) is 28.3. The van der Waals surface area contributed by atoms with Crippen molar-refractivity contribution in [3.63, 3.8) is 0 Å². The highest BCUT2D eigenvalue weighted by Crippen LogP contribution is 2.45. The highest BCUT2D eigenvalue weighted by Gasteiger charge is 2.22. The summed E-state index contributed by atoms with van der Waals surface area (Å²) in [6, 6.07) is 78.1. The third-order valence-corrected chi connectivity index (χ3v) is 11.2. The predicted molar refractivity (Wildman–Crippen MR) is 239 cm³/mol. The Balaban J connectivity index is 1.10. The molecular formula is C54H36N2O. The van der Waals surface area contributed by atoms with E-state index in [-0.39, 0.29) is 0 Å². The number of para-hydroxylation sites is 6. The first-order valence-electron chi connectivity index (χ1n) is 19.4. The van der Waals surface area contributed by atoms with Crippen molar-refractivity contribution in [2.45, 2.75) is 0 Å². The standard InChI is InChI=1S/C54H36N2O/c1-2-16-37(17-3-1)39-18-14-19-41(36-39)55(40-34-32-38(33-35-40)42-25-15-26-48-47-24-8-13-31-53(47)57-54(42)48)49-27-9-4-20-43(49)44-21-5-10-28-50(44)56-51-29-11-6-22-45(51)46-23-7-12-30-52(46)56/h1-36H. The van der Waals surface area contributed by atoms with Crippen LogP contribution >= 0.6 is 0 Å². The quantitative estimate of drug-likeness (QED) is 0.163. The van der Waals surface area contributed by atoms with E-state index in [0.717, 1.165) is 72.5 Å². The SMILES string of the molecule is c1ccc(-c2cccc(N(c3ccc(-c4cccc5c4oc4ccccc45)cc3)c3ccccc3-c3ccccc3-n3c4ccccc4c4ccccc43)c2)cc1. The fourth-order valence-electron chi connectivity index (χ4n) is 8.62. The number of hydrogen-bond donors (Lipinski definition) is 0. The van der Waals surface area contributed by atoms with E-state index in [2.05, 4.69) is 216 Å². The maximum absolute atomic E-state index is 6.46. The summed E-state index contributed by atoms with van der Waals surface area (Å²) in [5.41, 5.74) is 15.3. The summed E-state index contributed by atoms with van der Waals surface area (Å²) in [6.07, 6.45) is 0. The highest BCUT2D eigenvalue weighted by molar-refractivity contribution is 6.11. The molecular weight excluding hydrogens is 693 g/mol. The van der Waals surface area contributed by atoms with Gasteiger partial charge in [-0.2, -0.15) is 0 Å². The molecule has 2 heterocycles. The second-order valence-corrected chi connectivity index (χ2v) is 14.5. The molecule has 0 spiro atoms. The van der Waals surface area contributed by atoms with Gasteiger partial charge in [-0.1, -0.05) is 164 Å². The van der Waals surface area contributed by atoms with E-state index in [1.165, 1.54) is 27.4 Å². The summed E-state index contributed by atoms with van der Waals surface area (Å²) in [7, 11) is 0. The van der Waals surface area contributed by atoms with Crippen LogP contribution in [0.5, 0.6) is 0 Å². The number of aromatic nitrogens is 1. The van der Waals surface area contributed by atoms with Crippen LogP contribution < -0.4 is 4.90 Å². The third-order valence-electron chi connectivity index (χ3n) is 11.2. The number of furan rings is 1. The molecule has 0 unspecified atom stereocenters. The van der Waals surface area contributed by atoms with Crippen molar-refractivity contribution in [1.29, 1.82) is 0 Å². The summed E-state index contributed by atoms with van der Waals surface area (Å²) >= 11 is 0. The normalized spacial score (nSPS) is 11.5. The Kier molecular flexibility index (Phi) is 7.82. The van der Waals surface area contributed by atoms with Crippen molar-refractivity contribution >= 4 is 60.8 Å². The van der Waals surface area contributed by atoms with Crippen molar-refractivity contribution in [1.82, 2.24) is 4.57 Å². The Morgan fingerprint density at radius 3 is 1.72 bits per heavy atom. The minimum absolute atomic E-state index is 0.902. The van der Waals surface area contributed by atoms with Crippen LogP contribution in [0.4, 0.5) is 17.1 Å². The van der Waals surface area contributed by atoms with Crippen LogP contribution in [-0.2, 0) is 0 Å². The molecule has 0 bridgehead atoms. The average Bonchev–Trinajstić information content (AvgIpc) is 3.84. The molecule has 0 aliphatic rings. The smallest absolute Gasteiger partial charge is 0.143 e. The van der Waals surface area contributed by atoms with Gasteiger partial charge in [0.25, 0.3) is 0 Å². The average molecular weight is 729 g/mol. The van der Waals surface area contributed by atoms with E-state index in [0.29, 0.717) is 0 Å². The van der Waals surface area contributed by atoms with Gasteiger partial charge in [0.1, 0.15) is 11.2 Å². The van der Waals surface area contributed by atoms with Crippen LogP contribution in [0.2, 0.25) is 0 Å². The summed E-state index contributed by atoms with van der Waals surface area (Å²) < 4.78 is 8.88. The van der Waals surface area contributed by atoms with Crippen LogP contribution in [0, 0.1) is 0 Å². The Bertz CT molecular complexity index is 3190. The van der Waals surface area contributed by atoms with Gasteiger partial charge in [-0.25, -0.2) is 0 Å². The van der Waals surface area contributed by atoms with Crippen molar-refractivity contribution in [2.24, 2.45) is 0 Å². The molecule has 0 aliphatic heterocycles. The molecule has 0 saturated heterocycles. The first-order valence-corrected chi connectivity index (χ1v) is 19.4. The molecule has 0 radical (unpaired) electrons. The molecule has 0 N–H and O–H groups in total. The van der Waals surface area contributed by atoms with Crippen LogP contribution in [-0.4, -0.2) is 4.57 Å². The van der Waals surface area contributed by atoms with Gasteiger partial charge < -0.3 is 13.9 Å². The molecule has 0 aliphatic carbocycles. The number of nitrogens with zero attached hydrogens (tertiary/aromatic N) is 2. The van der Waals surface area contributed by atoms with Gasteiger partial charge in [0.05, 0.1) is 22.4 Å². The van der Waals surface area contributed by atoms with Crippen molar-refractivity contribution in [3.05, 3.63) is 218 Å². The summed E-state index contributed by atoms with van der Waals surface area (Å²) in [4.78, 5) is 2.40. The predicted octanol–water partition coefficient (Wildman–Crippen LogP) is 15.2. The molecule has 3 heteroatoms. The molecule has 11 aromatic rings. The van der Waals surface area contributed by atoms with Gasteiger partial charge in [-0.05, 0) is 71.3 Å². The van der Waals surface area contributed by atoms with E-state index in [1.54, 1.807) is 0 Å². The molecule has 0 atom stereocenters. The molecule has 57 heavy (non-hydrogen) atoms. The molecule has 11 rings (SSSR count). The largest absolute Gasteiger partial charge is 0.455 e. The molecule has 2 aromatic heterocycles. The van der Waals surface area contributed by atoms with Crippen LogP contribution in [0.3, 0.4) is 0 Å². The first kappa shape index (κ1) is 32.8. The van der Waals surface area contributed by atoms with E-state index in [1.807, 2.05) is 12.1 Å². The monoisotopic (exact) mass is 728 g/mol. The second-order valence-electron chi connectivity index (χ2n) is 14.5. The molecule has 9 aromatic carbocycles. The summed E-state index contributed by atoms with van der Waals surface area (Å²) in [5.74, 6) is 0. The van der Waals surface area contributed by atoms with Gasteiger partial charge in [-0.3, -0.25) is 0 Å². The van der Waals surface area contributed by atoms with Crippen LogP contribution in [0.25, 0.3) is 82.8 Å². The summed E-state index contributed by atoms with van der Waals surface area (Å²) in [5, 5.41) is 4.75. The lowest BCUT2D eigenvalue weighted by Gasteiger charge is -2.29. The molecule has 0 fully saturated rings. The second kappa shape index (κ2) is 13.6. The molecule has 268 valence electrons. The number of anilines is 3. The van der Waals surface area contributed by atoms with Crippen molar-refractivity contribution in [3.8, 4) is 39.1 Å². The van der Waals surface area contributed by atoms with Gasteiger partial charge in [0.2, 0.25) is 0 Å². The van der Waals surface area contributed by atoms with E-state index < -0.39 is 0 Å². The van der Waals surface area contributed by atoms with Gasteiger partial charge in [-0.15, -0.1) is 0 Å². The van der Waals surface area contributed by atoms with E-state index in [9.17, 15) is 0 Å². The van der Waals surface area contributed by atoms with Gasteiger partial charge in [0, 0.05) is 49.6 Å². The van der Waals surface area contributed by atoms with Crippen LogP contribution in [0.15, 0.2) is 223 Å². The molecule has 0 saturated carbocycles. The van der Waals surface area contributed by atoms with Crippen LogP contribution in [0.1, 0.15) is 0 Å². The highest BCUT2D eigenvalue weighted by atomic mass is 16.3.